The molecule has 0 saturated carbocycles. The van der Waals surface area contributed by atoms with Crippen LogP contribution in [0.15, 0.2) is 60.7 Å². The number of aliphatic hydroxyl groups is 1. The molecule has 1 heterocycles. The van der Waals surface area contributed by atoms with Gasteiger partial charge in [0.2, 0.25) is 53.2 Å². The Balaban J connectivity index is 0.00000403. The van der Waals surface area contributed by atoms with Crippen LogP contribution in [0.5, 0.6) is 0 Å². The summed E-state index contributed by atoms with van der Waals surface area (Å²) in [6.45, 7) is 3.43. The van der Waals surface area contributed by atoms with Crippen molar-refractivity contribution in [3.63, 3.8) is 0 Å². The molecular formula is C44H62N10O14S2. The summed E-state index contributed by atoms with van der Waals surface area (Å²) in [5.41, 5.74) is 6.68. The van der Waals surface area contributed by atoms with Crippen molar-refractivity contribution in [3.05, 3.63) is 71.8 Å². The first-order valence-corrected chi connectivity index (χ1v) is 23.1. The van der Waals surface area contributed by atoms with E-state index in [9.17, 15) is 53.1 Å². The number of nitrogens with two attached hydrogens (primary N) is 1. The van der Waals surface area contributed by atoms with Gasteiger partial charge in [0.15, 0.2) is 0 Å². The zero-order valence-electron chi connectivity index (χ0n) is 38.6. The van der Waals surface area contributed by atoms with E-state index in [0.29, 0.717) is 18.5 Å². The Bertz CT molecular complexity index is 2130. The summed E-state index contributed by atoms with van der Waals surface area (Å²) in [5, 5.41) is 49.3. The Morgan fingerprint density at radius 3 is 1.59 bits per heavy atom. The van der Waals surface area contributed by atoms with Crippen LogP contribution in [0.1, 0.15) is 51.2 Å². The molecule has 14 N–H and O–H groups in total. The summed E-state index contributed by atoms with van der Waals surface area (Å²) in [6.07, 6.45) is -0.984. The molecule has 0 aliphatic carbocycles. The van der Waals surface area contributed by atoms with Crippen molar-refractivity contribution in [1.82, 2.24) is 47.9 Å². The molecule has 9 amide bonds. The van der Waals surface area contributed by atoms with Gasteiger partial charge in [-0.2, -0.15) is 25.3 Å². The number of hydrogen-bond acceptors (Lipinski definition) is 15. The van der Waals surface area contributed by atoms with E-state index in [4.69, 9.17) is 20.7 Å². The van der Waals surface area contributed by atoms with Crippen molar-refractivity contribution >= 4 is 90.4 Å². The summed E-state index contributed by atoms with van der Waals surface area (Å²) >= 11 is 8.06. The van der Waals surface area contributed by atoms with E-state index in [2.05, 4.69) is 73.1 Å². The summed E-state index contributed by atoms with van der Waals surface area (Å²) in [5.74, 6) is -10.6. The van der Waals surface area contributed by atoms with Crippen LogP contribution < -0.4 is 53.6 Å². The standard InChI is InChI=1S/C42H58N10O12S2.C2H4O2/c1-22(35(56)48-28(17-25-12-7-4-8-13-25)39(60)52-34(23(2)53)41(62)45-19-33(55)47-31(21-66)42(63)64)46-37(58)29(18-32(43)54)50-40(61)30(20-65)51-38(59)27(16-24-10-5-3-6-11-24)49-36(57)26-14-9-15-44-26;1-2(3)4/h3-8,10-13,22-23,26-31,34,44,53,65-66H,9,14-21H2,1-2H3,(H2,43,54)(H,45,62)(H,46,58)(H,47,55)(H,48,56)(H,49,57)(H,50,61)(H,51,59)(H,52,60)(H,63,64);1H3,(H,3,4)/t22-,23+,26-,27-,28-,29-,30-,31-,34-;/m0./s1. The lowest BCUT2D eigenvalue weighted by Crippen LogP contribution is -2.61. The van der Waals surface area contributed by atoms with Crippen molar-refractivity contribution in [2.45, 2.75) is 107 Å². The maximum absolute atomic E-state index is 13.7. The number of amides is 9. The van der Waals surface area contributed by atoms with Gasteiger partial charge in [-0.3, -0.25) is 47.9 Å². The van der Waals surface area contributed by atoms with Crippen molar-refractivity contribution in [3.8, 4) is 0 Å². The normalized spacial score (nSPS) is 16.2. The number of primary amides is 1. The molecule has 384 valence electrons. The molecular weight excluding hydrogens is 957 g/mol. The Kier molecular flexibility index (Phi) is 26.0. The highest BCUT2D eigenvalue weighted by Crippen LogP contribution is 2.10. The molecule has 70 heavy (non-hydrogen) atoms. The number of benzene rings is 2. The zero-order chi connectivity index (χ0) is 52.5. The van der Waals surface area contributed by atoms with E-state index < -0.39 is 133 Å². The molecule has 1 saturated heterocycles. The molecule has 1 fully saturated rings. The van der Waals surface area contributed by atoms with Crippen LogP contribution >= 0.6 is 25.3 Å². The highest BCUT2D eigenvalue weighted by atomic mass is 32.1. The molecule has 24 nitrogen and oxygen atoms in total. The van der Waals surface area contributed by atoms with E-state index in [1.807, 2.05) is 0 Å². The van der Waals surface area contributed by atoms with Crippen molar-refractivity contribution in [1.29, 1.82) is 0 Å². The summed E-state index contributed by atoms with van der Waals surface area (Å²) < 4.78 is 0. The summed E-state index contributed by atoms with van der Waals surface area (Å²) in [7, 11) is 0. The van der Waals surface area contributed by atoms with Crippen LogP contribution in [-0.4, -0.2) is 159 Å². The third kappa shape index (κ3) is 21.7. The fourth-order valence-corrected chi connectivity index (χ4v) is 7.00. The second-order valence-electron chi connectivity index (χ2n) is 16.0. The minimum Gasteiger partial charge on any atom is -0.481 e. The number of carbonyl (C=O) groups is 11. The van der Waals surface area contributed by atoms with Crippen LogP contribution in [0.4, 0.5) is 0 Å². The summed E-state index contributed by atoms with van der Waals surface area (Å²) in [6, 6.07) is 6.66. The SMILES string of the molecule is CC(=O)O.C[C@H](NC(=O)[C@H](CC(N)=O)NC(=O)[C@H](CS)NC(=O)[C@H](Cc1ccccc1)NC(=O)[C@@H]1CCCN1)C(=O)N[C@@H](Cc1ccccc1)C(=O)N[C@H](C(=O)NCC(=O)N[C@@H](CS)C(=O)O)[C@@H](C)O. The van der Waals surface area contributed by atoms with Gasteiger partial charge in [0, 0.05) is 31.3 Å². The quantitative estimate of drug-likeness (QED) is 0.0400. The van der Waals surface area contributed by atoms with Gasteiger partial charge in [-0.05, 0) is 44.4 Å². The molecule has 9 atom stereocenters. The van der Waals surface area contributed by atoms with Gasteiger partial charge in [-0.1, -0.05) is 60.7 Å². The van der Waals surface area contributed by atoms with Crippen molar-refractivity contribution < 1.29 is 68.1 Å². The van der Waals surface area contributed by atoms with E-state index in [-0.39, 0.29) is 24.3 Å². The predicted octanol–water partition coefficient (Wildman–Crippen LogP) is -3.96. The molecule has 0 spiro atoms. The van der Waals surface area contributed by atoms with Crippen LogP contribution in [0.3, 0.4) is 0 Å². The third-order valence-electron chi connectivity index (χ3n) is 10.1. The molecule has 3 rings (SSSR count). The van der Waals surface area contributed by atoms with Gasteiger partial charge in [0.05, 0.1) is 25.1 Å². The fourth-order valence-electron chi connectivity index (χ4n) is 6.49. The smallest absolute Gasteiger partial charge is 0.327 e. The largest absolute Gasteiger partial charge is 0.481 e. The van der Waals surface area contributed by atoms with Crippen molar-refractivity contribution in [2.24, 2.45) is 5.73 Å². The number of carbonyl (C=O) groups excluding carboxylic acids is 9. The predicted molar refractivity (Wildman–Crippen MR) is 258 cm³/mol. The molecule has 26 heteroatoms. The molecule has 2 aromatic rings. The zero-order valence-corrected chi connectivity index (χ0v) is 40.4. The van der Waals surface area contributed by atoms with Crippen molar-refractivity contribution in [2.75, 3.05) is 24.6 Å². The Hall–Kier alpha value is -6.77. The van der Waals surface area contributed by atoms with E-state index in [1.165, 1.54) is 13.8 Å². The fraction of sp³-hybridized carbons (Fsp3) is 0.477. The molecule has 2 aromatic carbocycles. The minimum atomic E-state index is -1.67. The Morgan fingerprint density at radius 2 is 1.11 bits per heavy atom. The number of aliphatic hydroxyl groups excluding tert-OH is 1. The average Bonchev–Trinajstić information content (AvgIpc) is 3.86. The van der Waals surface area contributed by atoms with E-state index in [1.54, 1.807) is 60.7 Å². The minimum absolute atomic E-state index is 0.0816. The average molecular weight is 1020 g/mol. The monoisotopic (exact) mass is 1020 g/mol. The number of carboxylic acids is 2. The highest BCUT2D eigenvalue weighted by Gasteiger charge is 2.35. The molecule has 0 aromatic heterocycles. The van der Waals surface area contributed by atoms with Gasteiger partial charge in [-0.15, -0.1) is 0 Å². The lowest BCUT2D eigenvalue weighted by atomic mass is 10.0. The van der Waals surface area contributed by atoms with Gasteiger partial charge in [0.1, 0.15) is 42.3 Å². The molecule has 1 aliphatic heterocycles. The second kappa shape index (κ2) is 30.7. The van der Waals surface area contributed by atoms with Gasteiger partial charge in [0.25, 0.3) is 5.97 Å². The van der Waals surface area contributed by atoms with Gasteiger partial charge >= 0.3 is 5.97 Å². The number of nitrogens with one attached hydrogen (secondary N) is 9. The topological polar surface area (TPSA) is 383 Å². The highest BCUT2D eigenvalue weighted by molar-refractivity contribution is 7.80. The van der Waals surface area contributed by atoms with Crippen LogP contribution in [0, 0.1) is 0 Å². The molecule has 0 radical (unpaired) electrons. The Morgan fingerprint density at radius 1 is 0.643 bits per heavy atom. The third-order valence-corrected chi connectivity index (χ3v) is 10.8. The number of rotatable bonds is 26. The first kappa shape index (κ1) is 59.4. The number of aliphatic carboxylic acids is 2. The lowest BCUT2D eigenvalue weighted by molar-refractivity contribution is -0.141. The second-order valence-corrected chi connectivity index (χ2v) is 16.7. The maximum Gasteiger partial charge on any atom is 0.327 e. The van der Waals surface area contributed by atoms with E-state index in [0.717, 1.165) is 18.9 Å². The lowest BCUT2D eigenvalue weighted by Gasteiger charge is -2.27. The Labute approximate surface area is 414 Å². The molecule has 0 bridgehead atoms. The van der Waals surface area contributed by atoms with Gasteiger partial charge in [-0.25, -0.2) is 4.79 Å². The first-order chi connectivity index (χ1) is 33.1. The summed E-state index contributed by atoms with van der Waals surface area (Å²) in [4.78, 5) is 139. The van der Waals surface area contributed by atoms with Crippen LogP contribution in [-0.2, 0) is 65.6 Å². The molecule has 0 unspecified atom stereocenters. The van der Waals surface area contributed by atoms with E-state index >= 15 is 0 Å². The maximum atomic E-state index is 13.7. The molecule has 1 aliphatic rings. The number of hydrogen-bond donors (Lipinski definition) is 15. The van der Waals surface area contributed by atoms with Crippen LogP contribution in [0.2, 0.25) is 0 Å². The van der Waals surface area contributed by atoms with Gasteiger partial charge < -0.3 is 68.9 Å². The first-order valence-electron chi connectivity index (χ1n) is 21.9. The number of thiol groups is 2. The number of carboxylic acid groups (broad SMARTS) is 2. The van der Waals surface area contributed by atoms with Crippen LogP contribution in [0.25, 0.3) is 0 Å².